The van der Waals surface area contributed by atoms with Gasteiger partial charge in [0, 0.05) is 6.42 Å². The molecule has 0 amide bonds. The molecule has 3 aliphatic rings. The Morgan fingerprint density at radius 1 is 1.19 bits per heavy atom. The summed E-state index contributed by atoms with van der Waals surface area (Å²) in [5.74, 6) is 0.197. The predicted octanol–water partition coefficient (Wildman–Crippen LogP) is 3.68. The molecule has 1 aromatic carbocycles. The van der Waals surface area contributed by atoms with Crippen molar-refractivity contribution in [2.75, 3.05) is 12.3 Å². The summed E-state index contributed by atoms with van der Waals surface area (Å²) in [5.41, 5.74) is 5.51. The molecule has 37 heavy (non-hydrogen) atoms. The topological polar surface area (TPSA) is 159 Å². The summed E-state index contributed by atoms with van der Waals surface area (Å²) in [6.07, 6.45) is -0.722. The van der Waals surface area contributed by atoms with Gasteiger partial charge in [-0.15, -0.1) is 0 Å². The zero-order chi connectivity index (χ0) is 26.0. The monoisotopic (exact) mass is 531 g/mol. The third-order valence-electron chi connectivity index (χ3n) is 6.72. The molecule has 6 atom stereocenters. The molecule has 13 nitrogen and oxygen atoms in total. The van der Waals surface area contributed by atoms with Gasteiger partial charge in [-0.2, -0.15) is 0 Å². The third-order valence-corrected chi connectivity index (χ3v) is 8.42. The number of benzene rings is 1. The van der Waals surface area contributed by atoms with Gasteiger partial charge in [-0.25, -0.2) is 24.3 Å². The minimum absolute atomic E-state index is 0.197. The maximum Gasteiger partial charge on any atom is 0.509 e. The van der Waals surface area contributed by atoms with Gasteiger partial charge >= 0.3 is 14.0 Å². The molecule has 6 rings (SSSR count). The van der Waals surface area contributed by atoms with E-state index in [-0.39, 0.29) is 12.4 Å². The van der Waals surface area contributed by atoms with Crippen LogP contribution in [0.25, 0.3) is 11.2 Å². The largest absolute Gasteiger partial charge is 0.509 e. The maximum atomic E-state index is 13.6. The van der Waals surface area contributed by atoms with Crippen LogP contribution in [0, 0.1) is 0 Å². The first-order chi connectivity index (χ1) is 17.6. The number of hydrogen-bond donors (Lipinski definition) is 1. The number of nitrogens with zero attached hydrogens (tertiary/aromatic N) is 4. The van der Waals surface area contributed by atoms with E-state index in [0.29, 0.717) is 17.6 Å². The van der Waals surface area contributed by atoms with Gasteiger partial charge in [0.05, 0.1) is 24.6 Å². The van der Waals surface area contributed by atoms with Crippen LogP contribution < -0.4 is 5.73 Å². The van der Waals surface area contributed by atoms with Gasteiger partial charge in [-0.05, 0) is 26.3 Å². The van der Waals surface area contributed by atoms with Crippen molar-refractivity contribution >= 4 is 31.0 Å². The van der Waals surface area contributed by atoms with E-state index in [1.54, 1.807) is 11.5 Å². The Balaban J connectivity index is 1.26. The molecule has 2 aromatic heterocycles. The van der Waals surface area contributed by atoms with Crippen LogP contribution in [0.15, 0.2) is 43.0 Å². The Hall–Kier alpha value is -3.09. The second-order valence-corrected chi connectivity index (χ2v) is 11.5. The molecular formula is C23H26N5O8P. The molecule has 0 bridgehead atoms. The number of phosphoric acid groups is 1. The molecule has 0 radical (unpaired) electrons. The summed E-state index contributed by atoms with van der Waals surface area (Å²) in [7, 11) is -4.03. The van der Waals surface area contributed by atoms with Crippen molar-refractivity contribution in [3.8, 4) is 0 Å². The van der Waals surface area contributed by atoms with Gasteiger partial charge in [0.25, 0.3) is 0 Å². The number of carbonyl (C=O) groups excluding carboxylic acids is 1. The molecule has 3 saturated heterocycles. The Morgan fingerprint density at radius 2 is 1.97 bits per heavy atom. The molecule has 0 aliphatic carbocycles. The molecule has 2 N–H and O–H groups in total. The van der Waals surface area contributed by atoms with Crippen LogP contribution in [-0.4, -0.2) is 55.7 Å². The average Bonchev–Trinajstić information content (AvgIpc) is 3.47. The molecule has 196 valence electrons. The highest BCUT2D eigenvalue weighted by Gasteiger charge is 2.65. The average molecular weight is 531 g/mol. The fourth-order valence-corrected chi connectivity index (χ4v) is 6.74. The molecule has 14 heteroatoms. The number of ether oxygens (including phenoxy) is 3. The molecule has 5 heterocycles. The van der Waals surface area contributed by atoms with Crippen molar-refractivity contribution in [3.63, 3.8) is 0 Å². The Bertz CT molecular complexity index is 1400. The number of hydrogen-bond acceptors (Lipinski definition) is 12. The zero-order valence-electron chi connectivity index (χ0n) is 20.3. The lowest BCUT2D eigenvalue weighted by atomic mass is 9.96. The van der Waals surface area contributed by atoms with E-state index >= 15 is 0 Å². The van der Waals surface area contributed by atoms with Gasteiger partial charge in [0.2, 0.25) is 0 Å². The lowest BCUT2D eigenvalue weighted by Crippen LogP contribution is -2.42. The number of imidazole rings is 1. The normalized spacial score (nSPS) is 34.7. The van der Waals surface area contributed by atoms with E-state index < -0.39 is 49.7 Å². The van der Waals surface area contributed by atoms with Crippen LogP contribution in [0.1, 0.15) is 45.1 Å². The number of phosphoric ester groups is 1. The highest BCUT2D eigenvalue weighted by atomic mass is 31.2. The SMILES string of the molecule is CC1(C)C[C@@H](c2ccccc2)OP(=O)(OC[C@H]2O[C@@H](n3cnc4c(N)ncnc43)[C@]3(C)OC(=O)O[C@H]23)O1. The second-order valence-electron chi connectivity index (χ2n) is 9.99. The lowest BCUT2D eigenvalue weighted by Gasteiger charge is -2.39. The van der Waals surface area contributed by atoms with E-state index in [0.717, 1.165) is 5.56 Å². The summed E-state index contributed by atoms with van der Waals surface area (Å²) in [6, 6.07) is 9.45. The fraction of sp³-hybridized carbons (Fsp3) is 0.478. The van der Waals surface area contributed by atoms with Crippen LogP contribution in [0.4, 0.5) is 10.6 Å². The summed E-state index contributed by atoms with van der Waals surface area (Å²) in [4.78, 5) is 24.6. The van der Waals surface area contributed by atoms with Crippen LogP contribution in [0.2, 0.25) is 0 Å². The van der Waals surface area contributed by atoms with Gasteiger partial charge < -0.3 is 19.9 Å². The molecule has 3 aromatic rings. The molecule has 0 spiro atoms. The van der Waals surface area contributed by atoms with E-state index in [4.69, 9.17) is 33.5 Å². The number of anilines is 1. The zero-order valence-corrected chi connectivity index (χ0v) is 21.2. The lowest BCUT2D eigenvalue weighted by molar-refractivity contribution is -0.0988. The number of nitrogen functional groups attached to an aromatic ring is 1. The van der Waals surface area contributed by atoms with Crippen LogP contribution >= 0.6 is 7.82 Å². The van der Waals surface area contributed by atoms with Crippen molar-refractivity contribution in [2.24, 2.45) is 0 Å². The first kappa shape index (κ1) is 24.3. The molecule has 1 unspecified atom stereocenters. The van der Waals surface area contributed by atoms with Crippen LogP contribution in [0.5, 0.6) is 0 Å². The van der Waals surface area contributed by atoms with E-state index in [1.165, 1.54) is 12.7 Å². The van der Waals surface area contributed by atoms with Gasteiger partial charge in [0.1, 0.15) is 17.9 Å². The smallest absolute Gasteiger partial charge is 0.424 e. The summed E-state index contributed by atoms with van der Waals surface area (Å²) in [6.45, 7) is 5.07. The van der Waals surface area contributed by atoms with Gasteiger partial charge in [-0.1, -0.05) is 30.3 Å². The molecule has 0 saturated carbocycles. The maximum absolute atomic E-state index is 13.6. The Kier molecular flexibility index (Phi) is 5.55. The Labute approximate surface area is 211 Å². The number of fused-ring (bicyclic) bond motifs is 2. The van der Waals surface area contributed by atoms with Crippen molar-refractivity contribution in [3.05, 3.63) is 48.5 Å². The fourth-order valence-electron chi connectivity index (χ4n) is 5.07. The molecular weight excluding hydrogens is 505 g/mol. The minimum Gasteiger partial charge on any atom is -0.424 e. The summed E-state index contributed by atoms with van der Waals surface area (Å²) >= 11 is 0. The Morgan fingerprint density at radius 3 is 2.76 bits per heavy atom. The molecule has 3 fully saturated rings. The summed E-state index contributed by atoms with van der Waals surface area (Å²) < 4.78 is 49.8. The highest BCUT2D eigenvalue weighted by molar-refractivity contribution is 7.48. The number of rotatable bonds is 5. The van der Waals surface area contributed by atoms with Crippen molar-refractivity contribution < 1.29 is 37.1 Å². The van der Waals surface area contributed by atoms with Crippen molar-refractivity contribution in [1.29, 1.82) is 0 Å². The van der Waals surface area contributed by atoms with Crippen molar-refractivity contribution in [2.45, 2.75) is 62.9 Å². The van der Waals surface area contributed by atoms with Crippen LogP contribution in [0.3, 0.4) is 0 Å². The first-order valence-electron chi connectivity index (χ1n) is 11.7. The minimum atomic E-state index is -4.03. The van der Waals surface area contributed by atoms with E-state index in [1.807, 2.05) is 44.2 Å². The number of aromatic nitrogens is 4. The van der Waals surface area contributed by atoms with Crippen molar-refractivity contribution in [1.82, 2.24) is 19.5 Å². The molecule has 3 aliphatic heterocycles. The van der Waals surface area contributed by atoms with Gasteiger partial charge in [0.15, 0.2) is 29.4 Å². The second kappa shape index (κ2) is 8.47. The predicted molar refractivity (Wildman–Crippen MR) is 127 cm³/mol. The van der Waals surface area contributed by atoms with E-state index in [2.05, 4.69) is 15.0 Å². The number of nitrogens with two attached hydrogens (primary N) is 1. The third kappa shape index (κ3) is 4.16. The summed E-state index contributed by atoms with van der Waals surface area (Å²) in [5, 5.41) is 0. The van der Waals surface area contributed by atoms with Crippen LogP contribution in [-0.2, 0) is 32.3 Å². The first-order valence-corrected chi connectivity index (χ1v) is 13.2. The van der Waals surface area contributed by atoms with E-state index in [9.17, 15) is 9.36 Å². The van der Waals surface area contributed by atoms with Gasteiger partial charge in [-0.3, -0.25) is 18.1 Å². The highest BCUT2D eigenvalue weighted by Crippen LogP contribution is 2.62. The quantitative estimate of drug-likeness (QED) is 0.376. The standard InChI is InChI=1S/C23H26N5O8P/c1-22(2)9-14(13-7-5-4-6-8-13)35-37(30,36-22)31-10-15-17-23(3,34-21(29)33-17)20(32-15)28-12-27-16-18(24)25-11-26-19(16)28/h4-8,11-12,14-15,17,20H,9-10H2,1-3H3,(H2,24,25,26)/t14-,15+,17+,20+,23+,37?/m0/s1. The number of carbonyl (C=O) groups is 1.